The van der Waals surface area contributed by atoms with Crippen LogP contribution in [0.5, 0.6) is 0 Å². The van der Waals surface area contributed by atoms with E-state index >= 15 is 0 Å². The summed E-state index contributed by atoms with van der Waals surface area (Å²) < 4.78 is 0. The first-order valence-corrected chi connectivity index (χ1v) is 8.61. The minimum Gasteiger partial charge on any atom is -0.326 e. The molecule has 0 heterocycles. The van der Waals surface area contributed by atoms with E-state index in [1.165, 1.54) is 0 Å². The summed E-state index contributed by atoms with van der Waals surface area (Å²) in [6.07, 6.45) is 1.77. The van der Waals surface area contributed by atoms with Crippen molar-refractivity contribution in [2.45, 2.75) is 40.5 Å². The SMILES string of the molecule is Cc1ccc(C=NNC(=O)CCC(=O)Nc2c(C)cc(C)cc2C)cc1. The first-order chi connectivity index (χ1) is 12.3. The maximum Gasteiger partial charge on any atom is 0.240 e. The highest BCUT2D eigenvalue weighted by Crippen LogP contribution is 2.22. The molecule has 0 aliphatic carbocycles. The van der Waals surface area contributed by atoms with E-state index in [0.29, 0.717) is 0 Å². The second kappa shape index (κ2) is 8.94. The molecule has 0 aromatic heterocycles. The van der Waals surface area contributed by atoms with Gasteiger partial charge in [-0.3, -0.25) is 9.59 Å². The Morgan fingerprint density at radius 3 is 2.08 bits per heavy atom. The van der Waals surface area contributed by atoms with Crippen molar-refractivity contribution in [2.24, 2.45) is 5.10 Å². The van der Waals surface area contributed by atoms with Crippen LogP contribution in [-0.2, 0) is 9.59 Å². The van der Waals surface area contributed by atoms with Gasteiger partial charge in [-0.25, -0.2) is 5.43 Å². The third kappa shape index (κ3) is 5.84. The third-order valence-corrected chi connectivity index (χ3v) is 4.00. The number of carbonyl (C=O) groups is 2. The van der Waals surface area contributed by atoms with Crippen LogP contribution >= 0.6 is 0 Å². The fourth-order valence-corrected chi connectivity index (χ4v) is 2.69. The molecule has 0 fully saturated rings. The van der Waals surface area contributed by atoms with E-state index in [2.05, 4.69) is 15.8 Å². The molecule has 5 heteroatoms. The number of nitrogens with one attached hydrogen (secondary N) is 2. The van der Waals surface area contributed by atoms with Gasteiger partial charge in [0.25, 0.3) is 0 Å². The van der Waals surface area contributed by atoms with E-state index in [1.54, 1.807) is 6.21 Å². The number of benzene rings is 2. The molecule has 0 atom stereocenters. The van der Waals surface area contributed by atoms with Crippen LogP contribution in [0.3, 0.4) is 0 Å². The number of amides is 2. The van der Waals surface area contributed by atoms with Gasteiger partial charge in [0.2, 0.25) is 11.8 Å². The zero-order valence-corrected chi connectivity index (χ0v) is 15.7. The molecule has 0 bridgehead atoms. The number of aryl methyl sites for hydroxylation is 4. The number of hydrogen-bond donors (Lipinski definition) is 2. The van der Waals surface area contributed by atoms with Crippen LogP contribution in [0.2, 0.25) is 0 Å². The summed E-state index contributed by atoms with van der Waals surface area (Å²) in [5.74, 6) is -0.474. The van der Waals surface area contributed by atoms with Gasteiger partial charge < -0.3 is 5.32 Å². The van der Waals surface area contributed by atoms with Crippen molar-refractivity contribution in [3.63, 3.8) is 0 Å². The zero-order valence-electron chi connectivity index (χ0n) is 15.7. The van der Waals surface area contributed by atoms with Crippen molar-refractivity contribution in [1.82, 2.24) is 5.43 Å². The molecule has 2 rings (SSSR count). The van der Waals surface area contributed by atoms with Gasteiger partial charge in [0.1, 0.15) is 0 Å². The Morgan fingerprint density at radius 2 is 1.46 bits per heavy atom. The Balaban J connectivity index is 1.80. The highest BCUT2D eigenvalue weighted by Gasteiger charge is 2.10. The summed E-state index contributed by atoms with van der Waals surface area (Å²) in [6.45, 7) is 7.95. The van der Waals surface area contributed by atoms with Crippen LogP contribution in [0.15, 0.2) is 41.5 Å². The van der Waals surface area contributed by atoms with Crippen molar-refractivity contribution < 1.29 is 9.59 Å². The summed E-state index contributed by atoms with van der Waals surface area (Å²) in [7, 11) is 0. The molecule has 0 saturated heterocycles. The van der Waals surface area contributed by atoms with Gasteiger partial charge in [-0.05, 0) is 44.4 Å². The summed E-state index contributed by atoms with van der Waals surface area (Å²) in [5.41, 5.74) is 8.52. The van der Waals surface area contributed by atoms with Gasteiger partial charge in [0, 0.05) is 18.5 Å². The van der Waals surface area contributed by atoms with Crippen LogP contribution in [-0.4, -0.2) is 18.0 Å². The quantitative estimate of drug-likeness (QED) is 0.614. The predicted octanol–water partition coefficient (Wildman–Crippen LogP) is 3.79. The zero-order chi connectivity index (χ0) is 19.1. The lowest BCUT2D eigenvalue weighted by Crippen LogP contribution is -2.21. The molecule has 2 aromatic rings. The number of carbonyl (C=O) groups excluding carboxylic acids is 2. The maximum absolute atomic E-state index is 12.1. The summed E-state index contributed by atoms with van der Waals surface area (Å²) >= 11 is 0. The number of rotatable bonds is 6. The van der Waals surface area contributed by atoms with E-state index in [4.69, 9.17) is 0 Å². The number of hydrogen-bond acceptors (Lipinski definition) is 3. The van der Waals surface area contributed by atoms with Crippen molar-refractivity contribution >= 4 is 23.7 Å². The van der Waals surface area contributed by atoms with Crippen molar-refractivity contribution in [3.8, 4) is 0 Å². The third-order valence-electron chi connectivity index (χ3n) is 4.00. The second-order valence-electron chi connectivity index (χ2n) is 6.53. The Hall–Kier alpha value is -2.95. The number of anilines is 1. The van der Waals surface area contributed by atoms with Gasteiger partial charge in [-0.1, -0.05) is 47.5 Å². The topological polar surface area (TPSA) is 70.6 Å². The summed E-state index contributed by atoms with van der Waals surface area (Å²) in [5, 5.41) is 6.81. The molecule has 2 amide bonds. The van der Waals surface area contributed by atoms with E-state index in [1.807, 2.05) is 64.1 Å². The monoisotopic (exact) mass is 351 g/mol. The molecule has 0 aliphatic heterocycles. The highest BCUT2D eigenvalue weighted by molar-refractivity contribution is 5.94. The average Bonchev–Trinajstić information content (AvgIpc) is 2.58. The first-order valence-electron chi connectivity index (χ1n) is 8.61. The van der Waals surface area contributed by atoms with Crippen LogP contribution in [0, 0.1) is 27.7 Å². The van der Waals surface area contributed by atoms with Crippen LogP contribution in [0.1, 0.15) is 40.7 Å². The highest BCUT2D eigenvalue weighted by atomic mass is 16.2. The molecular weight excluding hydrogens is 326 g/mol. The van der Waals surface area contributed by atoms with Gasteiger partial charge in [0.15, 0.2) is 0 Å². The van der Waals surface area contributed by atoms with Crippen molar-refractivity contribution in [1.29, 1.82) is 0 Å². The molecule has 0 unspecified atom stereocenters. The van der Waals surface area contributed by atoms with Gasteiger partial charge in [-0.2, -0.15) is 5.10 Å². The molecule has 26 heavy (non-hydrogen) atoms. The Labute approximate surface area is 154 Å². The maximum atomic E-state index is 12.1. The lowest BCUT2D eigenvalue weighted by Gasteiger charge is -2.12. The molecular formula is C21H25N3O2. The second-order valence-corrected chi connectivity index (χ2v) is 6.53. The Bertz CT molecular complexity index is 801. The normalized spacial score (nSPS) is 10.8. The van der Waals surface area contributed by atoms with Gasteiger partial charge >= 0.3 is 0 Å². The molecule has 0 radical (unpaired) electrons. The first kappa shape index (κ1) is 19.4. The van der Waals surface area contributed by atoms with E-state index in [0.717, 1.165) is 33.5 Å². The van der Waals surface area contributed by atoms with E-state index in [9.17, 15) is 9.59 Å². The van der Waals surface area contributed by atoms with Crippen LogP contribution in [0.25, 0.3) is 0 Å². The molecule has 2 aromatic carbocycles. The molecule has 136 valence electrons. The van der Waals surface area contributed by atoms with Crippen LogP contribution in [0.4, 0.5) is 5.69 Å². The standard InChI is InChI=1S/C21H25N3O2/c1-14-5-7-18(8-6-14)13-22-24-20(26)10-9-19(25)23-21-16(3)11-15(2)12-17(21)4/h5-8,11-13H,9-10H2,1-4H3,(H,23,25)(H,24,26). The molecule has 5 nitrogen and oxygen atoms in total. The smallest absolute Gasteiger partial charge is 0.240 e. The Morgan fingerprint density at radius 1 is 0.885 bits per heavy atom. The molecule has 2 N–H and O–H groups in total. The van der Waals surface area contributed by atoms with Crippen molar-refractivity contribution in [3.05, 3.63) is 64.2 Å². The lowest BCUT2D eigenvalue weighted by molar-refractivity contribution is -0.124. The number of nitrogens with zero attached hydrogens (tertiary/aromatic N) is 1. The summed E-state index contributed by atoms with van der Waals surface area (Å²) in [4.78, 5) is 23.9. The van der Waals surface area contributed by atoms with Crippen LogP contribution < -0.4 is 10.7 Å². The van der Waals surface area contributed by atoms with Crippen molar-refractivity contribution in [2.75, 3.05) is 5.32 Å². The number of hydrazone groups is 1. The lowest BCUT2D eigenvalue weighted by atomic mass is 10.0. The summed E-state index contributed by atoms with van der Waals surface area (Å²) in [6, 6.07) is 11.8. The van der Waals surface area contributed by atoms with Gasteiger partial charge in [0.05, 0.1) is 6.21 Å². The van der Waals surface area contributed by atoms with Gasteiger partial charge in [-0.15, -0.1) is 0 Å². The largest absolute Gasteiger partial charge is 0.326 e. The Kier molecular flexibility index (Phi) is 6.67. The molecule has 0 spiro atoms. The fraction of sp³-hybridized carbons (Fsp3) is 0.286. The fourth-order valence-electron chi connectivity index (χ4n) is 2.69. The van der Waals surface area contributed by atoms with E-state index in [-0.39, 0.29) is 24.7 Å². The molecule has 0 saturated carbocycles. The average molecular weight is 351 g/mol. The minimum atomic E-state index is -0.291. The van der Waals surface area contributed by atoms with E-state index < -0.39 is 0 Å². The molecule has 0 aliphatic rings. The predicted molar refractivity (Wildman–Crippen MR) is 105 cm³/mol. The minimum absolute atomic E-state index is 0.0844.